The molecule has 1 atom stereocenters. The first-order valence-corrected chi connectivity index (χ1v) is 7.95. The fourth-order valence-electron chi connectivity index (χ4n) is 2.38. The van der Waals surface area contributed by atoms with E-state index in [-0.39, 0.29) is 24.6 Å². The van der Waals surface area contributed by atoms with Crippen molar-refractivity contribution >= 4 is 11.9 Å². The third kappa shape index (κ3) is 7.27. The van der Waals surface area contributed by atoms with Crippen LogP contribution in [0.5, 0.6) is 5.75 Å². The molecule has 6 nitrogen and oxygen atoms in total. The Morgan fingerprint density at radius 2 is 1.67 bits per heavy atom. The smallest absolute Gasteiger partial charge is 0.406 e. The number of hydrogen-bond acceptors (Lipinski definition) is 3. The van der Waals surface area contributed by atoms with E-state index in [1.54, 1.807) is 30.3 Å². The number of hydrogen-bond donors (Lipinski definition) is 3. The molecular weight excluding hydrogens is 363 g/mol. The van der Waals surface area contributed by atoms with E-state index in [1.165, 1.54) is 12.1 Å². The van der Waals surface area contributed by atoms with Crippen LogP contribution >= 0.6 is 0 Å². The normalized spacial score (nSPS) is 12.1. The minimum Gasteiger partial charge on any atom is -0.406 e. The molecule has 0 radical (unpaired) electrons. The molecule has 0 saturated heterocycles. The van der Waals surface area contributed by atoms with Gasteiger partial charge in [0.2, 0.25) is 5.91 Å². The van der Waals surface area contributed by atoms with E-state index >= 15 is 0 Å². The molecule has 2 rings (SSSR count). The maximum Gasteiger partial charge on any atom is 0.573 e. The van der Waals surface area contributed by atoms with Gasteiger partial charge in [-0.2, -0.15) is 0 Å². The molecule has 144 valence electrons. The largest absolute Gasteiger partial charge is 0.573 e. The fourth-order valence-corrected chi connectivity index (χ4v) is 2.38. The molecule has 0 unspecified atom stereocenters. The van der Waals surface area contributed by atoms with Crippen molar-refractivity contribution in [3.8, 4) is 5.75 Å². The summed E-state index contributed by atoms with van der Waals surface area (Å²) in [6.45, 7) is 0.114. The van der Waals surface area contributed by atoms with E-state index in [1.807, 2.05) is 0 Å². The quantitative estimate of drug-likeness (QED) is 0.688. The molecule has 2 aromatic rings. The van der Waals surface area contributed by atoms with Gasteiger partial charge in [-0.3, -0.25) is 4.79 Å². The summed E-state index contributed by atoms with van der Waals surface area (Å²) >= 11 is 0. The molecule has 0 bridgehead atoms. The minimum atomic E-state index is -4.75. The van der Waals surface area contributed by atoms with Crippen LogP contribution < -0.4 is 21.1 Å². The lowest BCUT2D eigenvalue weighted by Gasteiger charge is -2.17. The first-order chi connectivity index (χ1) is 12.7. The SMILES string of the molecule is NC(=O)N[C@H](CC(=O)NCc1ccc(OC(F)(F)F)cc1)c1ccccc1. The highest BCUT2D eigenvalue weighted by Crippen LogP contribution is 2.22. The van der Waals surface area contributed by atoms with Gasteiger partial charge in [0.05, 0.1) is 12.5 Å². The Kier molecular flexibility index (Phi) is 6.64. The van der Waals surface area contributed by atoms with Crippen LogP contribution in [-0.4, -0.2) is 18.3 Å². The summed E-state index contributed by atoms with van der Waals surface area (Å²) in [5.41, 5.74) is 6.47. The summed E-state index contributed by atoms with van der Waals surface area (Å²) in [5.74, 6) is -0.694. The van der Waals surface area contributed by atoms with Crippen molar-refractivity contribution in [1.82, 2.24) is 10.6 Å². The Labute approximate surface area is 153 Å². The predicted molar refractivity (Wildman–Crippen MR) is 91.5 cm³/mol. The van der Waals surface area contributed by atoms with Crippen molar-refractivity contribution in [2.75, 3.05) is 0 Å². The van der Waals surface area contributed by atoms with Crippen LogP contribution in [-0.2, 0) is 11.3 Å². The monoisotopic (exact) mass is 381 g/mol. The molecule has 4 N–H and O–H groups in total. The van der Waals surface area contributed by atoms with E-state index in [4.69, 9.17) is 5.73 Å². The van der Waals surface area contributed by atoms with Crippen LogP contribution in [0.15, 0.2) is 54.6 Å². The molecular formula is C18H18F3N3O3. The molecule has 0 heterocycles. The van der Waals surface area contributed by atoms with Crippen molar-refractivity contribution in [1.29, 1.82) is 0 Å². The topological polar surface area (TPSA) is 93.5 Å². The maximum atomic E-state index is 12.2. The van der Waals surface area contributed by atoms with Crippen LogP contribution in [0.2, 0.25) is 0 Å². The number of nitrogens with one attached hydrogen (secondary N) is 2. The van der Waals surface area contributed by atoms with Crippen LogP contribution in [0.25, 0.3) is 0 Å². The average Bonchev–Trinajstić information content (AvgIpc) is 2.60. The van der Waals surface area contributed by atoms with Crippen molar-refractivity contribution in [3.05, 3.63) is 65.7 Å². The molecule has 0 fully saturated rings. The van der Waals surface area contributed by atoms with E-state index in [9.17, 15) is 22.8 Å². The number of rotatable bonds is 7. The number of halogens is 3. The van der Waals surface area contributed by atoms with Gasteiger partial charge in [0.25, 0.3) is 0 Å². The van der Waals surface area contributed by atoms with Gasteiger partial charge < -0.3 is 21.1 Å². The number of ether oxygens (including phenoxy) is 1. The third-order valence-corrected chi connectivity index (χ3v) is 3.55. The van der Waals surface area contributed by atoms with Crippen molar-refractivity contribution in [2.24, 2.45) is 5.73 Å². The number of alkyl halides is 3. The number of carbonyl (C=O) groups is 2. The van der Waals surface area contributed by atoms with E-state index in [2.05, 4.69) is 15.4 Å². The molecule has 3 amide bonds. The lowest BCUT2D eigenvalue weighted by Crippen LogP contribution is -2.36. The third-order valence-electron chi connectivity index (χ3n) is 3.55. The van der Waals surface area contributed by atoms with Gasteiger partial charge in [-0.25, -0.2) is 4.79 Å². The van der Waals surface area contributed by atoms with Gasteiger partial charge in [0.15, 0.2) is 0 Å². The zero-order chi connectivity index (χ0) is 19.9. The first kappa shape index (κ1) is 20.1. The van der Waals surface area contributed by atoms with Crippen LogP contribution in [0.4, 0.5) is 18.0 Å². The van der Waals surface area contributed by atoms with Crippen LogP contribution in [0.1, 0.15) is 23.6 Å². The molecule has 0 aliphatic carbocycles. The van der Waals surface area contributed by atoms with Gasteiger partial charge in [0, 0.05) is 6.54 Å². The first-order valence-electron chi connectivity index (χ1n) is 7.95. The summed E-state index contributed by atoms with van der Waals surface area (Å²) in [5, 5.41) is 5.16. The molecule has 0 spiro atoms. The number of benzene rings is 2. The number of primary amides is 1. The number of urea groups is 1. The minimum absolute atomic E-state index is 0.0395. The Balaban J connectivity index is 1.91. The molecule has 2 aromatic carbocycles. The van der Waals surface area contributed by atoms with Gasteiger partial charge in [-0.05, 0) is 23.3 Å². The summed E-state index contributed by atoms with van der Waals surface area (Å²) in [4.78, 5) is 23.3. The summed E-state index contributed by atoms with van der Waals surface area (Å²) in [6.07, 6.45) is -4.79. The second kappa shape index (κ2) is 8.93. The molecule has 0 aromatic heterocycles. The van der Waals surface area contributed by atoms with Crippen LogP contribution in [0.3, 0.4) is 0 Å². The second-order valence-electron chi connectivity index (χ2n) is 5.64. The zero-order valence-corrected chi connectivity index (χ0v) is 14.1. The summed E-state index contributed by atoms with van der Waals surface area (Å²) in [6, 6.07) is 12.7. The number of carbonyl (C=O) groups excluding carboxylic acids is 2. The Morgan fingerprint density at radius 3 is 2.22 bits per heavy atom. The van der Waals surface area contributed by atoms with Gasteiger partial charge >= 0.3 is 12.4 Å². The molecule has 9 heteroatoms. The highest BCUT2D eigenvalue weighted by atomic mass is 19.4. The van der Waals surface area contributed by atoms with Crippen molar-refractivity contribution in [2.45, 2.75) is 25.4 Å². The molecule has 27 heavy (non-hydrogen) atoms. The lowest BCUT2D eigenvalue weighted by molar-refractivity contribution is -0.274. The fraction of sp³-hybridized carbons (Fsp3) is 0.222. The summed E-state index contributed by atoms with van der Waals surface area (Å²) in [7, 11) is 0. The van der Waals surface area contributed by atoms with E-state index in [0.717, 1.165) is 17.7 Å². The Morgan fingerprint density at radius 1 is 1.04 bits per heavy atom. The summed E-state index contributed by atoms with van der Waals surface area (Å²) < 4.78 is 40.2. The molecule has 0 aliphatic heterocycles. The highest BCUT2D eigenvalue weighted by Gasteiger charge is 2.30. The number of nitrogens with two attached hydrogens (primary N) is 1. The van der Waals surface area contributed by atoms with Gasteiger partial charge in [-0.1, -0.05) is 42.5 Å². The lowest BCUT2D eigenvalue weighted by atomic mass is 10.0. The maximum absolute atomic E-state index is 12.2. The van der Waals surface area contributed by atoms with Crippen molar-refractivity contribution < 1.29 is 27.5 Å². The van der Waals surface area contributed by atoms with Crippen LogP contribution in [0, 0.1) is 0 Å². The Bertz CT molecular complexity index is 765. The number of amides is 3. The highest BCUT2D eigenvalue weighted by molar-refractivity contribution is 5.78. The van der Waals surface area contributed by atoms with Gasteiger partial charge in [0.1, 0.15) is 5.75 Å². The van der Waals surface area contributed by atoms with E-state index < -0.39 is 18.4 Å². The standard InChI is InChI=1S/C18H18F3N3O3/c19-18(20,21)27-14-8-6-12(7-9-14)11-23-16(25)10-15(24-17(22)26)13-4-2-1-3-5-13/h1-9,15H,10-11H2,(H,23,25)(H3,22,24,26)/t15-/m1/s1. The second-order valence-corrected chi connectivity index (χ2v) is 5.64. The molecule has 0 saturated carbocycles. The van der Waals surface area contributed by atoms with Crippen molar-refractivity contribution in [3.63, 3.8) is 0 Å². The predicted octanol–water partition coefficient (Wildman–Crippen LogP) is 3.00. The average molecular weight is 381 g/mol. The molecule has 0 aliphatic rings. The zero-order valence-electron chi connectivity index (χ0n) is 14.1. The Hall–Kier alpha value is -3.23. The van der Waals surface area contributed by atoms with E-state index in [0.29, 0.717) is 5.56 Å². The van der Waals surface area contributed by atoms with Gasteiger partial charge in [-0.15, -0.1) is 13.2 Å².